The molecule has 0 saturated heterocycles. The lowest BCUT2D eigenvalue weighted by Crippen LogP contribution is -2.33. The van der Waals surface area contributed by atoms with E-state index in [1.54, 1.807) is 37.4 Å². The van der Waals surface area contributed by atoms with Crippen molar-refractivity contribution in [3.63, 3.8) is 0 Å². The first-order valence-electron chi connectivity index (χ1n) is 14.8. The Morgan fingerprint density at radius 2 is 1.57 bits per heavy atom. The molecule has 1 aromatic heterocycles. The molecule has 4 aromatic rings. The molecule has 47 heavy (non-hydrogen) atoms. The number of carbonyl (C=O) groups is 1. The molecule has 0 radical (unpaired) electrons. The molecule has 0 spiro atoms. The van der Waals surface area contributed by atoms with E-state index in [2.05, 4.69) is 39.2 Å². The molecule has 0 aliphatic heterocycles. The summed E-state index contributed by atoms with van der Waals surface area (Å²) in [5, 5.41) is 28.9. The van der Waals surface area contributed by atoms with Gasteiger partial charge in [0.05, 0.1) is 30.3 Å². The van der Waals surface area contributed by atoms with Crippen molar-refractivity contribution in [3.8, 4) is 22.8 Å². The normalized spacial score (nSPS) is 11.0. The van der Waals surface area contributed by atoms with E-state index in [1.165, 1.54) is 0 Å². The van der Waals surface area contributed by atoms with Gasteiger partial charge in [0.1, 0.15) is 18.4 Å². The largest absolute Gasteiger partial charge is 0.493 e. The summed E-state index contributed by atoms with van der Waals surface area (Å²) in [6, 6.07) is 18.3. The van der Waals surface area contributed by atoms with Gasteiger partial charge in [-0.3, -0.25) is 9.69 Å². The lowest BCUT2D eigenvalue weighted by Gasteiger charge is -2.18. The Kier molecular flexibility index (Phi) is 16.7. The van der Waals surface area contributed by atoms with Crippen molar-refractivity contribution in [1.82, 2.24) is 20.1 Å². The lowest BCUT2D eigenvalue weighted by atomic mass is 10.1. The zero-order chi connectivity index (χ0) is 34.9. The minimum atomic E-state index is -0.861. The summed E-state index contributed by atoms with van der Waals surface area (Å²) in [4.78, 5) is 17.8. The van der Waals surface area contributed by atoms with E-state index in [-0.39, 0.29) is 30.9 Å². The summed E-state index contributed by atoms with van der Waals surface area (Å²) in [7, 11) is 1.55. The van der Waals surface area contributed by atoms with Crippen molar-refractivity contribution < 1.29 is 24.5 Å². The van der Waals surface area contributed by atoms with Crippen LogP contribution >= 0.6 is 23.2 Å². The van der Waals surface area contributed by atoms with Gasteiger partial charge >= 0.3 is 0 Å². The molecule has 1 unspecified atom stereocenters. The van der Waals surface area contributed by atoms with Crippen LogP contribution in [0.4, 0.5) is 17.5 Å². The van der Waals surface area contributed by atoms with Crippen LogP contribution in [-0.2, 0) is 4.79 Å². The molecule has 0 bridgehead atoms. The fraction of sp³-hybridized carbons (Fsp3) is 0.333. The number of nitrogen functional groups attached to an aromatic ring is 2. The van der Waals surface area contributed by atoms with Gasteiger partial charge < -0.3 is 36.5 Å². The number of aromatic nitrogens is 3. The maximum absolute atomic E-state index is 11.9. The first kappa shape index (κ1) is 39.0. The highest BCUT2D eigenvalue weighted by Gasteiger charge is 2.13. The first-order valence-corrected chi connectivity index (χ1v) is 15.5. The fourth-order valence-electron chi connectivity index (χ4n) is 4.05. The monoisotopic (exact) mass is 687 g/mol. The van der Waals surface area contributed by atoms with Crippen LogP contribution < -0.4 is 26.3 Å². The maximum Gasteiger partial charge on any atom is 0.242 e. The highest BCUT2D eigenvalue weighted by molar-refractivity contribution is 6.43. The average Bonchev–Trinajstić information content (AvgIpc) is 3.06. The number of methoxy groups -OCH3 is 1. The molecule has 12 nitrogen and oxygen atoms in total. The predicted octanol–water partition coefficient (Wildman–Crippen LogP) is 5.02. The average molecular weight is 689 g/mol. The number of aryl methyl sites for hydroxylation is 2. The summed E-state index contributed by atoms with van der Waals surface area (Å²) in [5.74, 6) is 1.40. The number of halogens is 2. The van der Waals surface area contributed by atoms with E-state index in [0.717, 1.165) is 29.9 Å². The molecule has 7 N–H and O–H groups in total. The van der Waals surface area contributed by atoms with E-state index in [4.69, 9.17) is 54.4 Å². The van der Waals surface area contributed by atoms with Crippen LogP contribution in [0.5, 0.6) is 11.5 Å². The van der Waals surface area contributed by atoms with Crippen LogP contribution in [0.3, 0.4) is 0 Å². The number of nitrogens with one attached hydrogen (secondary N) is 1. The number of aliphatic hydroxyl groups excluding tert-OH is 2. The summed E-state index contributed by atoms with van der Waals surface area (Å²) >= 11 is 11.9. The highest BCUT2D eigenvalue weighted by atomic mass is 35.5. The van der Waals surface area contributed by atoms with Crippen molar-refractivity contribution in [2.24, 2.45) is 0 Å². The SMILES string of the molecule is CCN(CC)CC(=O)Nc1c(C)cccc1C.COc1ccccc1OCC(O)CO.Nc1nnc(-c2cccc(Cl)c2Cl)c(N)n1. The van der Waals surface area contributed by atoms with Crippen LogP contribution in [0, 0.1) is 13.8 Å². The van der Waals surface area contributed by atoms with Gasteiger partial charge in [-0.05, 0) is 56.3 Å². The summed E-state index contributed by atoms with van der Waals surface area (Å²) in [6.45, 7) is 10.2. The molecule has 254 valence electrons. The number of rotatable bonds is 11. The first-order chi connectivity index (χ1) is 22.4. The molecule has 1 heterocycles. The minimum Gasteiger partial charge on any atom is -0.493 e. The zero-order valence-corrected chi connectivity index (χ0v) is 28.7. The van der Waals surface area contributed by atoms with E-state index >= 15 is 0 Å². The second kappa shape index (κ2) is 20.1. The number of likely N-dealkylation sites (N-methyl/N-ethyl adjacent to an activating group) is 1. The van der Waals surface area contributed by atoms with Gasteiger partial charge in [0.2, 0.25) is 11.9 Å². The molecule has 1 atom stereocenters. The number of aliphatic hydroxyl groups is 2. The third-order valence-electron chi connectivity index (χ3n) is 6.66. The van der Waals surface area contributed by atoms with Gasteiger partial charge in [-0.15, -0.1) is 10.2 Å². The van der Waals surface area contributed by atoms with E-state index in [9.17, 15) is 4.79 Å². The Bertz CT molecular complexity index is 1550. The number of nitrogens with two attached hydrogens (primary N) is 2. The van der Waals surface area contributed by atoms with Crippen molar-refractivity contribution in [3.05, 3.63) is 81.8 Å². The van der Waals surface area contributed by atoms with Crippen molar-refractivity contribution in [2.75, 3.05) is 56.7 Å². The van der Waals surface area contributed by atoms with Crippen LogP contribution in [-0.4, -0.2) is 82.3 Å². The Morgan fingerprint density at radius 3 is 2.15 bits per heavy atom. The van der Waals surface area contributed by atoms with Gasteiger partial charge in [0, 0.05) is 11.3 Å². The van der Waals surface area contributed by atoms with Crippen molar-refractivity contribution in [1.29, 1.82) is 0 Å². The Balaban J connectivity index is 0.000000246. The van der Waals surface area contributed by atoms with Gasteiger partial charge in [-0.2, -0.15) is 4.98 Å². The zero-order valence-electron chi connectivity index (χ0n) is 27.2. The lowest BCUT2D eigenvalue weighted by molar-refractivity contribution is -0.117. The smallest absolute Gasteiger partial charge is 0.242 e. The summed E-state index contributed by atoms with van der Waals surface area (Å²) in [5.41, 5.74) is 15.1. The van der Waals surface area contributed by atoms with E-state index in [0.29, 0.717) is 39.3 Å². The standard InChI is InChI=1S/C14H22N2O.C10H14O4.C9H7Cl2N5/c1-5-16(6-2)10-13(17)15-14-11(3)8-7-9-12(14)4;1-13-9-4-2-3-5-10(9)14-7-8(12)6-11;10-5-3-1-2-4(6(5)11)7-8(12)14-9(13)16-15-7/h7-9H,5-6,10H2,1-4H3,(H,15,17);2-5,8,11-12H,6-7H2,1H3;1-3H,(H4,12,13,14,16). The van der Waals surface area contributed by atoms with Crippen LogP contribution in [0.2, 0.25) is 10.0 Å². The molecule has 0 saturated carbocycles. The van der Waals surface area contributed by atoms with Crippen LogP contribution in [0.1, 0.15) is 25.0 Å². The minimum absolute atomic E-state index is 0.0133. The Labute approximate surface area is 285 Å². The third kappa shape index (κ3) is 12.5. The molecular formula is C33H43Cl2N7O5. The third-order valence-corrected chi connectivity index (χ3v) is 7.47. The highest BCUT2D eigenvalue weighted by Crippen LogP contribution is 2.34. The molecular weight excluding hydrogens is 645 g/mol. The number of ether oxygens (including phenoxy) is 2. The molecule has 0 aliphatic carbocycles. The van der Waals surface area contributed by atoms with Gasteiger partial charge in [0.15, 0.2) is 17.3 Å². The van der Waals surface area contributed by atoms with Crippen molar-refractivity contribution >= 4 is 46.6 Å². The number of hydrogen-bond acceptors (Lipinski definition) is 11. The summed E-state index contributed by atoms with van der Waals surface area (Å²) < 4.78 is 10.3. The van der Waals surface area contributed by atoms with E-state index in [1.807, 2.05) is 44.2 Å². The number of para-hydroxylation sites is 3. The van der Waals surface area contributed by atoms with Crippen LogP contribution in [0.15, 0.2) is 60.7 Å². The number of nitrogens with zero attached hydrogens (tertiary/aromatic N) is 4. The fourth-order valence-corrected chi connectivity index (χ4v) is 4.44. The van der Waals surface area contributed by atoms with Crippen molar-refractivity contribution in [2.45, 2.75) is 33.8 Å². The number of benzene rings is 3. The maximum atomic E-state index is 11.9. The van der Waals surface area contributed by atoms with Gasteiger partial charge in [-0.1, -0.05) is 79.5 Å². The topological polar surface area (TPSA) is 182 Å². The molecule has 4 rings (SSSR count). The summed E-state index contributed by atoms with van der Waals surface area (Å²) in [6.07, 6.45) is -0.861. The molecule has 0 fully saturated rings. The second-order valence-electron chi connectivity index (χ2n) is 10.1. The molecule has 0 aliphatic rings. The predicted molar refractivity (Wildman–Crippen MR) is 188 cm³/mol. The molecule has 1 amide bonds. The Morgan fingerprint density at radius 1 is 0.957 bits per heavy atom. The molecule has 3 aromatic carbocycles. The number of amides is 1. The van der Waals surface area contributed by atoms with E-state index < -0.39 is 6.10 Å². The quantitative estimate of drug-likeness (QED) is 0.143. The number of anilines is 3. The number of hydrogen-bond donors (Lipinski definition) is 5. The molecule has 14 heteroatoms. The van der Waals surface area contributed by atoms with Gasteiger partial charge in [0.25, 0.3) is 0 Å². The number of carbonyl (C=O) groups excluding carboxylic acids is 1. The van der Waals surface area contributed by atoms with Gasteiger partial charge in [-0.25, -0.2) is 0 Å². The second-order valence-corrected chi connectivity index (χ2v) is 10.9. The van der Waals surface area contributed by atoms with Crippen LogP contribution in [0.25, 0.3) is 11.3 Å². The Hall–Kier alpha value is -4.20.